The molecule has 0 aliphatic heterocycles. The fourth-order valence-corrected chi connectivity index (χ4v) is 2.60. The van der Waals surface area contributed by atoms with Crippen molar-refractivity contribution in [2.24, 2.45) is 0 Å². The number of carboxylic acids is 1. The molecule has 0 fully saturated rings. The van der Waals surface area contributed by atoms with E-state index in [2.05, 4.69) is 10.6 Å². The largest absolute Gasteiger partial charge is 0.482 e. The highest BCUT2D eigenvalue weighted by molar-refractivity contribution is 7.14. The van der Waals surface area contributed by atoms with Crippen LogP contribution in [0.1, 0.15) is 34.8 Å². The molecule has 0 aliphatic carbocycles. The third-order valence-corrected chi connectivity index (χ3v) is 3.55. The number of aromatic carboxylic acids is 1. The van der Waals surface area contributed by atoms with Gasteiger partial charge in [-0.1, -0.05) is 13.3 Å². The van der Waals surface area contributed by atoms with E-state index in [4.69, 9.17) is 9.84 Å². The molecule has 8 heteroatoms. The molecule has 7 nitrogen and oxygen atoms in total. The van der Waals surface area contributed by atoms with Crippen molar-refractivity contribution in [1.29, 1.82) is 0 Å². The third-order valence-electron chi connectivity index (χ3n) is 2.39. The molecule has 3 amide bonds. The number of carboxylic acid groups (broad SMARTS) is 1. The van der Waals surface area contributed by atoms with E-state index in [1.54, 1.807) is 13.0 Å². The maximum Gasteiger partial charge on any atom is 0.349 e. The number of thiophene rings is 1. The lowest BCUT2D eigenvalue weighted by molar-refractivity contribution is -0.122. The molecule has 0 radical (unpaired) electrons. The van der Waals surface area contributed by atoms with Crippen LogP contribution in [0.15, 0.2) is 6.07 Å². The Labute approximate surface area is 126 Å². The molecule has 1 heterocycles. The van der Waals surface area contributed by atoms with E-state index in [9.17, 15) is 14.4 Å². The van der Waals surface area contributed by atoms with Gasteiger partial charge in [-0.05, 0) is 19.4 Å². The molecule has 0 saturated heterocycles. The zero-order valence-electron chi connectivity index (χ0n) is 11.9. The van der Waals surface area contributed by atoms with Crippen molar-refractivity contribution >= 4 is 29.2 Å². The van der Waals surface area contributed by atoms with Crippen LogP contribution < -0.4 is 15.4 Å². The average molecular weight is 314 g/mol. The molecule has 0 saturated carbocycles. The first-order valence-electron chi connectivity index (χ1n) is 6.54. The van der Waals surface area contributed by atoms with Crippen molar-refractivity contribution in [1.82, 2.24) is 10.6 Å². The predicted molar refractivity (Wildman–Crippen MR) is 78.0 cm³/mol. The minimum absolute atomic E-state index is 0.0595. The van der Waals surface area contributed by atoms with Gasteiger partial charge < -0.3 is 15.2 Å². The molecule has 0 atom stereocenters. The summed E-state index contributed by atoms with van der Waals surface area (Å²) in [6.45, 7) is 3.69. The number of carbonyl (C=O) groups excluding carboxylic acids is 2. The first-order chi connectivity index (χ1) is 9.97. The van der Waals surface area contributed by atoms with Crippen molar-refractivity contribution in [3.63, 3.8) is 0 Å². The standard InChI is InChI=1S/C13H18N2O5S/c1-3-5-8-6-9(11(21-8)12(17)18)20-7-10(16)15-13(19)14-4-2/h6H,3-5,7H2,1-2H3,(H,17,18)(H2,14,15,16,19). The van der Waals surface area contributed by atoms with Crippen LogP contribution in [0.2, 0.25) is 0 Å². The first kappa shape index (κ1) is 17.0. The highest BCUT2D eigenvalue weighted by Crippen LogP contribution is 2.30. The number of nitrogens with one attached hydrogen (secondary N) is 2. The first-order valence-corrected chi connectivity index (χ1v) is 7.36. The molecule has 0 aliphatic rings. The fraction of sp³-hybridized carbons (Fsp3) is 0.462. The Balaban J connectivity index is 2.63. The molecule has 21 heavy (non-hydrogen) atoms. The zero-order chi connectivity index (χ0) is 15.8. The van der Waals surface area contributed by atoms with Crippen LogP contribution in [0.4, 0.5) is 4.79 Å². The minimum atomic E-state index is -1.10. The lowest BCUT2D eigenvalue weighted by Crippen LogP contribution is -2.41. The molecule has 0 aromatic carbocycles. The van der Waals surface area contributed by atoms with Gasteiger partial charge in [-0.3, -0.25) is 10.1 Å². The maximum atomic E-state index is 11.5. The molecule has 0 unspecified atom stereocenters. The van der Waals surface area contributed by atoms with Crippen LogP contribution in [-0.4, -0.2) is 36.2 Å². The number of ether oxygens (including phenoxy) is 1. The zero-order valence-corrected chi connectivity index (χ0v) is 12.7. The van der Waals surface area contributed by atoms with Gasteiger partial charge in [0, 0.05) is 11.4 Å². The summed E-state index contributed by atoms with van der Waals surface area (Å²) in [5.74, 6) is -1.58. The second-order valence-corrected chi connectivity index (χ2v) is 5.29. The van der Waals surface area contributed by atoms with Gasteiger partial charge in [0.2, 0.25) is 0 Å². The van der Waals surface area contributed by atoms with E-state index in [0.717, 1.165) is 29.1 Å². The molecule has 116 valence electrons. The van der Waals surface area contributed by atoms with Crippen molar-refractivity contribution < 1.29 is 24.2 Å². The van der Waals surface area contributed by atoms with Crippen LogP contribution >= 0.6 is 11.3 Å². The van der Waals surface area contributed by atoms with Gasteiger partial charge in [-0.15, -0.1) is 11.3 Å². The SMILES string of the molecule is CCCc1cc(OCC(=O)NC(=O)NCC)c(C(=O)O)s1. The second-order valence-electron chi connectivity index (χ2n) is 4.16. The number of carbonyl (C=O) groups is 3. The molecule has 3 N–H and O–H groups in total. The fourth-order valence-electron chi connectivity index (χ4n) is 1.56. The summed E-state index contributed by atoms with van der Waals surface area (Å²) in [5, 5.41) is 13.6. The summed E-state index contributed by atoms with van der Waals surface area (Å²) < 4.78 is 5.20. The quantitative estimate of drug-likeness (QED) is 0.709. The monoisotopic (exact) mass is 314 g/mol. The summed E-state index contributed by atoms with van der Waals surface area (Å²) in [6, 6.07) is 1.01. The van der Waals surface area contributed by atoms with E-state index in [1.807, 2.05) is 6.92 Å². The van der Waals surface area contributed by atoms with Crippen molar-refractivity contribution in [3.05, 3.63) is 15.8 Å². The molecule has 1 rings (SSSR count). The minimum Gasteiger partial charge on any atom is -0.482 e. The molecule has 1 aromatic heterocycles. The van der Waals surface area contributed by atoms with Crippen LogP contribution in [0.3, 0.4) is 0 Å². The van der Waals surface area contributed by atoms with Crippen LogP contribution in [0.25, 0.3) is 0 Å². The summed E-state index contributed by atoms with van der Waals surface area (Å²) in [4.78, 5) is 34.7. The molecule has 1 aromatic rings. The third kappa shape index (κ3) is 5.42. The van der Waals surface area contributed by atoms with E-state index in [0.29, 0.717) is 6.54 Å². The predicted octanol–water partition coefficient (Wildman–Crippen LogP) is 1.62. The lowest BCUT2D eigenvalue weighted by atomic mass is 10.3. The second kappa shape index (κ2) is 8.25. The summed E-state index contributed by atoms with van der Waals surface area (Å²) in [7, 11) is 0. The van der Waals surface area contributed by atoms with Crippen LogP contribution in [0.5, 0.6) is 5.75 Å². The number of hydrogen-bond donors (Lipinski definition) is 3. The Bertz CT molecular complexity index is 527. The maximum absolute atomic E-state index is 11.5. The Morgan fingerprint density at radius 2 is 2.05 bits per heavy atom. The van der Waals surface area contributed by atoms with E-state index < -0.39 is 24.5 Å². The molecular formula is C13H18N2O5S. The summed E-state index contributed by atoms with van der Waals surface area (Å²) in [5.41, 5.74) is 0. The number of urea groups is 1. The molecule has 0 bridgehead atoms. The Kier molecular flexibility index (Phi) is 6.67. The topological polar surface area (TPSA) is 105 Å². The van der Waals surface area contributed by atoms with E-state index >= 15 is 0 Å². The Hall–Kier alpha value is -2.09. The summed E-state index contributed by atoms with van der Waals surface area (Å²) >= 11 is 1.13. The number of hydrogen-bond acceptors (Lipinski definition) is 5. The summed E-state index contributed by atoms with van der Waals surface area (Å²) in [6.07, 6.45) is 1.64. The Morgan fingerprint density at radius 3 is 2.62 bits per heavy atom. The van der Waals surface area contributed by atoms with Gasteiger partial charge in [0.1, 0.15) is 5.75 Å². The number of amides is 3. The van der Waals surface area contributed by atoms with Gasteiger partial charge in [0.15, 0.2) is 11.5 Å². The normalized spacial score (nSPS) is 10.0. The van der Waals surface area contributed by atoms with Crippen LogP contribution in [-0.2, 0) is 11.2 Å². The molecule has 0 spiro atoms. The van der Waals surface area contributed by atoms with E-state index in [-0.39, 0.29) is 10.6 Å². The Morgan fingerprint density at radius 1 is 1.33 bits per heavy atom. The average Bonchev–Trinajstić information content (AvgIpc) is 2.80. The highest BCUT2D eigenvalue weighted by atomic mass is 32.1. The highest BCUT2D eigenvalue weighted by Gasteiger charge is 2.18. The van der Waals surface area contributed by atoms with E-state index in [1.165, 1.54) is 0 Å². The molecular weight excluding hydrogens is 296 g/mol. The van der Waals surface area contributed by atoms with Crippen molar-refractivity contribution in [3.8, 4) is 5.75 Å². The van der Waals surface area contributed by atoms with Gasteiger partial charge in [-0.2, -0.15) is 0 Å². The van der Waals surface area contributed by atoms with Gasteiger partial charge in [0.05, 0.1) is 0 Å². The van der Waals surface area contributed by atoms with Gasteiger partial charge in [-0.25, -0.2) is 9.59 Å². The lowest BCUT2D eigenvalue weighted by Gasteiger charge is -2.06. The van der Waals surface area contributed by atoms with Crippen LogP contribution in [0, 0.1) is 0 Å². The van der Waals surface area contributed by atoms with Gasteiger partial charge in [0.25, 0.3) is 5.91 Å². The van der Waals surface area contributed by atoms with Gasteiger partial charge >= 0.3 is 12.0 Å². The number of imide groups is 1. The van der Waals surface area contributed by atoms with Crippen molar-refractivity contribution in [2.45, 2.75) is 26.7 Å². The number of aryl methyl sites for hydroxylation is 1. The number of rotatable bonds is 7. The van der Waals surface area contributed by atoms with Crippen molar-refractivity contribution in [2.75, 3.05) is 13.2 Å². The smallest absolute Gasteiger partial charge is 0.349 e.